The van der Waals surface area contributed by atoms with E-state index in [9.17, 15) is 9.59 Å². The standard InChI is InChI=1S/C18H19Cl2N3O4/c19-12-5-6-15(14(20)9-12)26-11-18(25)27-10-17(24)22-16-7-8-21-23(16)13-3-1-2-4-13/h5-9,13H,1-4,10-11H2,(H,22,24). The molecular formula is C18H19Cl2N3O4. The van der Waals surface area contributed by atoms with Gasteiger partial charge in [0.2, 0.25) is 0 Å². The number of carbonyl (C=O) groups excluding carboxylic acids is 2. The number of benzene rings is 1. The van der Waals surface area contributed by atoms with Crippen molar-refractivity contribution >= 4 is 40.9 Å². The monoisotopic (exact) mass is 411 g/mol. The number of amides is 1. The number of nitrogens with one attached hydrogen (secondary N) is 1. The summed E-state index contributed by atoms with van der Waals surface area (Å²) in [5.41, 5.74) is 0. The van der Waals surface area contributed by atoms with E-state index in [1.54, 1.807) is 24.4 Å². The van der Waals surface area contributed by atoms with Crippen LogP contribution in [0.4, 0.5) is 5.82 Å². The van der Waals surface area contributed by atoms with Crippen LogP contribution in [0.1, 0.15) is 31.7 Å². The molecule has 1 saturated carbocycles. The van der Waals surface area contributed by atoms with Crippen LogP contribution < -0.4 is 10.1 Å². The molecule has 144 valence electrons. The molecule has 1 amide bonds. The molecule has 9 heteroatoms. The first-order valence-corrected chi connectivity index (χ1v) is 9.35. The van der Waals surface area contributed by atoms with E-state index in [0.29, 0.717) is 22.6 Å². The van der Waals surface area contributed by atoms with Crippen molar-refractivity contribution in [2.45, 2.75) is 31.7 Å². The van der Waals surface area contributed by atoms with Crippen molar-refractivity contribution < 1.29 is 19.1 Å². The zero-order valence-electron chi connectivity index (χ0n) is 14.5. The molecule has 7 nitrogen and oxygen atoms in total. The Kier molecular flexibility index (Phi) is 6.58. The zero-order valence-corrected chi connectivity index (χ0v) is 16.0. The quantitative estimate of drug-likeness (QED) is 0.699. The number of carbonyl (C=O) groups is 2. The first-order valence-electron chi connectivity index (χ1n) is 8.60. The van der Waals surface area contributed by atoms with E-state index >= 15 is 0 Å². The van der Waals surface area contributed by atoms with E-state index in [-0.39, 0.29) is 11.6 Å². The minimum Gasteiger partial charge on any atom is -0.480 e. The summed E-state index contributed by atoms with van der Waals surface area (Å²) in [5, 5.41) is 7.74. The number of ether oxygens (including phenoxy) is 2. The van der Waals surface area contributed by atoms with Gasteiger partial charge in [-0.05, 0) is 31.0 Å². The minimum absolute atomic E-state index is 0.285. The summed E-state index contributed by atoms with van der Waals surface area (Å²) in [6.45, 7) is -0.777. The molecule has 0 bridgehead atoms. The second-order valence-corrected chi connectivity index (χ2v) is 7.02. The molecule has 1 heterocycles. The van der Waals surface area contributed by atoms with Crippen molar-refractivity contribution in [3.8, 4) is 5.75 Å². The lowest BCUT2D eigenvalue weighted by Crippen LogP contribution is -2.25. The Labute approximate surface area is 166 Å². The average Bonchev–Trinajstić information content (AvgIpc) is 3.30. The van der Waals surface area contributed by atoms with Crippen LogP contribution in [0, 0.1) is 0 Å². The summed E-state index contributed by atoms with van der Waals surface area (Å²) < 4.78 is 12.0. The van der Waals surface area contributed by atoms with E-state index in [1.165, 1.54) is 6.07 Å². The maximum absolute atomic E-state index is 12.0. The Morgan fingerprint density at radius 3 is 2.70 bits per heavy atom. The Balaban J connectivity index is 1.44. The maximum atomic E-state index is 12.0. The maximum Gasteiger partial charge on any atom is 0.344 e. The summed E-state index contributed by atoms with van der Waals surface area (Å²) in [6.07, 6.45) is 6.05. The van der Waals surface area contributed by atoms with Crippen molar-refractivity contribution in [1.29, 1.82) is 0 Å². The van der Waals surface area contributed by atoms with Crippen LogP contribution in [0.2, 0.25) is 10.0 Å². The third-order valence-corrected chi connectivity index (χ3v) is 4.74. The van der Waals surface area contributed by atoms with Gasteiger partial charge in [-0.3, -0.25) is 4.79 Å². The molecule has 27 heavy (non-hydrogen) atoms. The van der Waals surface area contributed by atoms with Gasteiger partial charge in [0.1, 0.15) is 11.6 Å². The van der Waals surface area contributed by atoms with Crippen molar-refractivity contribution in [1.82, 2.24) is 9.78 Å². The Morgan fingerprint density at radius 1 is 1.19 bits per heavy atom. The lowest BCUT2D eigenvalue weighted by molar-refractivity contribution is -0.149. The van der Waals surface area contributed by atoms with Gasteiger partial charge in [0.25, 0.3) is 5.91 Å². The highest BCUT2D eigenvalue weighted by Crippen LogP contribution is 2.31. The molecule has 2 aromatic rings. The van der Waals surface area contributed by atoms with E-state index < -0.39 is 18.5 Å². The number of nitrogens with zero attached hydrogens (tertiary/aromatic N) is 2. The van der Waals surface area contributed by atoms with Crippen LogP contribution >= 0.6 is 23.2 Å². The van der Waals surface area contributed by atoms with Gasteiger partial charge in [-0.2, -0.15) is 5.10 Å². The number of halogens is 2. The lowest BCUT2D eigenvalue weighted by atomic mass is 10.2. The summed E-state index contributed by atoms with van der Waals surface area (Å²) >= 11 is 11.7. The highest BCUT2D eigenvalue weighted by Gasteiger charge is 2.20. The molecule has 1 aromatic carbocycles. The predicted molar refractivity (Wildman–Crippen MR) is 101 cm³/mol. The molecular weight excluding hydrogens is 393 g/mol. The molecule has 0 spiro atoms. The van der Waals surface area contributed by atoms with Crippen LogP contribution in [0.5, 0.6) is 5.75 Å². The van der Waals surface area contributed by atoms with E-state index in [4.69, 9.17) is 32.7 Å². The zero-order chi connectivity index (χ0) is 19.2. The van der Waals surface area contributed by atoms with Crippen molar-refractivity contribution in [2.24, 2.45) is 0 Å². The number of hydrogen-bond donors (Lipinski definition) is 1. The number of esters is 1. The van der Waals surface area contributed by atoms with Gasteiger partial charge in [-0.15, -0.1) is 0 Å². The van der Waals surface area contributed by atoms with Gasteiger partial charge >= 0.3 is 5.97 Å². The summed E-state index contributed by atoms with van der Waals surface area (Å²) in [6, 6.07) is 6.67. The van der Waals surface area contributed by atoms with Gasteiger partial charge in [0.15, 0.2) is 13.2 Å². The van der Waals surface area contributed by atoms with Gasteiger partial charge in [-0.25, -0.2) is 9.48 Å². The molecule has 0 radical (unpaired) electrons. The Bertz CT molecular complexity index is 819. The van der Waals surface area contributed by atoms with Crippen LogP contribution in [-0.2, 0) is 14.3 Å². The largest absolute Gasteiger partial charge is 0.480 e. The number of rotatable bonds is 7. The average molecular weight is 412 g/mol. The fourth-order valence-electron chi connectivity index (χ4n) is 2.95. The fraction of sp³-hybridized carbons (Fsp3) is 0.389. The molecule has 0 saturated heterocycles. The van der Waals surface area contributed by atoms with Gasteiger partial charge in [-0.1, -0.05) is 36.0 Å². The molecule has 1 aliphatic rings. The highest BCUT2D eigenvalue weighted by molar-refractivity contribution is 6.35. The number of anilines is 1. The van der Waals surface area contributed by atoms with Gasteiger partial charge < -0.3 is 14.8 Å². The van der Waals surface area contributed by atoms with Gasteiger partial charge in [0, 0.05) is 11.1 Å². The predicted octanol–water partition coefficient (Wildman–Crippen LogP) is 3.87. The van der Waals surface area contributed by atoms with Crippen LogP contribution in [0.3, 0.4) is 0 Å². The molecule has 0 atom stereocenters. The molecule has 1 N–H and O–H groups in total. The van der Waals surface area contributed by atoms with E-state index in [0.717, 1.165) is 25.7 Å². The smallest absolute Gasteiger partial charge is 0.344 e. The Morgan fingerprint density at radius 2 is 1.96 bits per heavy atom. The first kappa shape index (κ1) is 19.5. The topological polar surface area (TPSA) is 82.5 Å². The third-order valence-electron chi connectivity index (χ3n) is 4.21. The highest BCUT2D eigenvalue weighted by atomic mass is 35.5. The summed E-state index contributed by atoms with van der Waals surface area (Å²) in [7, 11) is 0. The lowest BCUT2D eigenvalue weighted by Gasteiger charge is -2.14. The van der Waals surface area contributed by atoms with Crippen LogP contribution in [-0.4, -0.2) is 34.9 Å². The number of aromatic nitrogens is 2. The van der Waals surface area contributed by atoms with Crippen molar-refractivity contribution in [2.75, 3.05) is 18.5 Å². The Hall–Kier alpha value is -2.25. The van der Waals surface area contributed by atoms with Crippen LogP contribution in [0.15, 0.2) is 30.5 Å². The molecule has 1 fully saturated rings. The van der Waals surface area contributed by atoms with Gasteiger partial charge in [0.05, 0.1) is 17.3 Å². The first-order chi connectivity index (χ1) is 13.0. The van der Waals surface area contributed by atoms with E-state index in [1.807, 2.05) is 4.68 Å². The summed E-state index contributed by atoms with van der Waals surface area (Å²) in [4.78, 5) is 23.8. The molecule has 0 aliphatic heterocycles. The SMILES string of the molecule is O=C(COC(=O)COc1ccc(Cl)cc1Cl)Nc1ccnn1C1CCCC1. The third kappa shape index (κ3) is 5.37. The molecule has 0 unspecified atom stereocenters. The number of hydrogen-bond acceptors (Lipinski definition) is 5. The molecule has 1 aliphatic carbocycles. The summed E-state index contributed by atoms with van der Waals surface area (Å²) in [5.74, 6) is -0.205. The van der Waals surface area contributed by atoms with Crippen LogP contribution in [0.25, 0.3) is 0 Å². The van der Waals surface area contributed by atoms with Crippen molar-refractivity contribution in [3.05, 3.63) is 40.5 Å². The normalized spacial score (nSPS) is 14.1. The van der Waals surface area contributed by atoms with E-state index in [2.05, 4.69) is 10.4 Å². The molecule has 1 aromatic heterocycles. The minimum atomic E-state index is -0.680. The second kappa shape index (κ2) is 9.10. The van der Waals surface area contributed by atoms with Crippen molar-refractivity contribution in [3.63, 3.8) is 0 Å². The fourth-order valence-corrected chi connectivity index (χ4v) is 3.41. The molecule has 3 rings (SSSR count). The second-order valence-electron chi connectivity index (χ2n) is 6.17.